The first-order chi connectivity index (χ1) is 8.01. The number of sulfonamides is 1. The minimum Gasteiger partial charge on any atom is -0.366 e. The lowest BCUT2D eigenvalue weighted by molar-refractivity contribution is 0.251. The predicted molar refractivity (Wildman–Crippen MR) is 65.9 cm³/mol. The Morgan fingerprint density at radius 2 is 2.12 bits per heavy atom. The van der Waals surface area contributed by atoms with Gasteiger partial charge in [0.15, 0.2) is 0 Å². The van der Waals surface area contributed by atoms with E-state index in [9.17, 15) is 8.42 Å². The molecule has 0 saturated carbocycles. The van der Waals surface area contributed by atoms with Crippen LogP contribution in [0.4, 0.5) is 0 Å². The van der Waals surface area contributed by atoms with Gasteiger partial charge in [0, 0.05) is 31.5 Å². The van der Waals surface area contributed by atoms with Crippen molar-refractivity contribution in [2.75, 3.05) is 13.1 Å². The van der Waals surface area contributed by atoms with Gasteiger partial charge >= 0.3 is 0 Å². The van der Waals surface area contributed by atoms with Crippen LogP contribution >= 0.6 is 0 Å². The Kier molecular flexibility index (Phi) is 3.56. The van der Waals surface area contributed by atoms with Crippen molar-refractivity contribution in [1.29, 1.82) is 0 Å². The van der Waals surface area contributed by atoms with Crippen molar-refractivity contribution >= 4 is 10.0 Å². The average molecular weight is 257 g/mol. The minimum atomic E-state index is -3.31. The molecule has 2 heterocycles. The van der Waals surface area contributed by atoms with Crippen molar-refractivity contribution in [2.45, 2.75) is 30.7 Å². The molecule has 1 aromatic heterocycles. The molecule has 1 saturated heterocycles. The average Bonchev–Trinajstić information content (AvgIpc) is 2.83. The Labute approximate surface area is 102 Å². The highest BCUT2D eigenvalue weighted by atomic mass is 32.2. The lowest BCUT2D eigenvalue weighted by Crippen LogP contribution is -2.42. The fraction of sp³-hybridized carbons (Fsp3) is 0.636. The van der Waals surface area contributed by atoms with Crippen molar-refractivity contribution in [3.8, 4) is 0 Å². The van der Waals surface area contributed by atoms with Gasteiger partial charge in [-0.1, -0.05) is 0 Å². The Balaban J connectivity index is 2.07. The first-order valence-corrected chi connectivity index (χ1v) is 7.34. The maximum atomic E-state index is 12.2. The van der Waals surface area contributed by atoms with Gasteiger partial charge in [-0.2, -0.15) is 4.31 Å². The van der Waals surface area contributed by atoms with Gasteiger partial charge in [-0.05, 0) is 31.7 Å². The number of aromatic amines is 1. The zero-order valence-electron chi connectivity index (χ0n) is 9.96. The van der Waals surface area contributed by atoms with E-state index >= 15 is 0 Å². The third-order valence-electron chi connectivity index (χ3n) is 3.45. The number of nitrogens with zero attached hydrogens (tertiary/aromatic N) is 1. The molecule has 0 radical (unpaired) electrons. The molecule has 1 aliphatic rings. The summed E-state index contributed by atoms with van der Waals surface area (Å²) in [6, 6.07) is 1.74. The van der Waals surface area contributed by atoms with Gasteiger partial charge in [-0.3, -0.25) is 0 Å². The second-order valence-corrected chi connectivity index (χ2v) is 6.59. The number of nitrogens with one attached hydrogen (secondary N) is 1. The highest BCUT2D eigenvalue weighted by molar-refractivity contribution is 7.89. The molecule has 6 heteroatoms. The summed E-state index contributed by atoms with van der Waals surface area (Å²) in [7, 11) is -3.31. The third-order valence-corrected chi connectivity index (χ3v) is 5.34. The predicted octanol–water partition coefficient (Wildman–Crippen LogP) is 0.763. The molecule has 5 nitrogen and oxygen atoms in total. The lowest BCUT2D eigenvalue weighted by Gasteiger charge is -2.32. The molecule has 0 bridgehead atoms. The third kappa shape index (κ3) is 2.53. The van der Waals surface area contributed by atoms with Crippen LogP contribution in [0.15, 0.2) is 23.4 Å². The van der Waals surface area contributed by atoms with E-state index in [1.807, 2.05) is 6.92 Å². The molecule has 0 aromatic carbocycles. The molecule has 1 aromatic rings. The van der Waals surface area contributed by atoms with Crippen LogP contribution in [0.1, 0.15) is 19.8 Å². The van der Waals surface area contributed by atoms with Gasteiger partial charge in [0.2, 0.25) is 10.0 Å². The quantitative estimate of drug-likeness (QED) is 0.839. The zero-order valence-corrected chi connectivity index (χ0v) is 10.8. The molecule has 2 rings (SSSR count). The van der Waals surface area contributed by atoms with Crippen LogP contribution in [0, 0.1) is 5.92 Å². The second kappa shape index (κ2) is 4.80. The van der Waals surface area contributed by atoms with Crippen LogP contribution in [-0.4, -0.2) is 36.8 Å². The Bertz CT molecular complexity index is 445. The van der Waals surface area contributed by atoms with E-state index in [0.29, 0.717) is 23.9 Å². The number of nitrogens with two attached hydrogens (primary N) is 1. The monoisotopic (exact) mass is 257 g/mol. The van der Waals surface area contributed by atoms with Gasteiger partial charge in [0.1, 0.15) is 0 Å². The summed E-state index contributed by atoms with van der Waals surface area (Å²) in [6.07, 6.45) is 4.84. The number of H-pyrrole nitrogens is 1. The molecule has 0 aliphatic carbocycles. The summed E-state index contributed by atoms with van der Waals surface area (Å²) in [5, 5.41) is 0. The van der Waals surface area contributed by atoms with E-state index in [1.165, 1.54) is 6.20 Å². The normalized spacial score (nSPS) is 21.5. The maximum Gasteiger partial charge on any atom is 0.244 e. The molecule has 1 fully saturated rings. The number of rotatable bonds is 3. The smallest absolute Gasteiger partial charge is 0.244 e. The van der Waals surface area contributed by atoms with Crippen LogP contribution in [-0.2, 0) is 10.0 Å². The first-order valence-electron chi connectivity index (χ1n) is 5.90. The topological polar surface area (TPSA) is 79.2 Å². The number of hydrogen-bond donors (Lipinski definition) is 2. The summed E-state index contributed by atoms with van der Waals surface area (Å²) >= 11 is 0. The largest absolute Gasteiger partial charge is 0.366 e. The van der Waals surface area contributed by atoms with Gasteiger partial charge < -0.3 is 10.7 Å². The van der Waals surface area contributed by atoms with Gasteiger partial charge in [0.25, 0.3) is 0 Å². The summed E-state index contributed by atoms with van der Waals surface area (Å²) in [6.45, 7) is 3.13. The first kappa shape index (κ1) is 12.6. The van der Waals surface area contributed by atoms with E-state index in [1.54, 1.807) is 16.6 Å². The molecule has 17 heavy (non-hydrogen) atoms. The van der Waals surface area contributed by atoms with Crippen molar-refractivity contribution in [1.82, 2.24) is 9.29 Å². The molecule has 1 atom stereocenters. The Morgan fingerprint density at radius 1 is 1.47 bits per heavy atom. The van der Waals surface area contributed by atoms with E-state index in [0.717, 1.165) is 12.8 Å². The number of aromatic nitrogens is 1. The van der Waals surface area contributed by atoms with Crippen LogP contribution in [0.3, 0.4) is 0 Å². The summed E-state index contributed by atoms with van der Waals surface area (Å²) in [5.74, 6) is 0.438. The molecule has 1 aliphatic heterocycles. The lowest BCUT2D eigenvalue weighted by atomic mass is 9.92. The van der Waals surface area contributed by atoms with E-state index < -0.39 is 10.0 Å². The van der Waals surface area contributed by atoms with Crippen molar-refractivity contribution in [2.24, 2.45) is 11.7 Å². The molecule has 1 unspecified atom stereocenters. The van der Waals surface area contributed by atoms with Gasteiger partial charge in [0.05, 0.1) is 4.90 Å². The number of piperidine rings is 1. The summed E-state index contributed by atoms with van der Waals surface area (Å²) in [4.78, 5) is 3.12. The highest BCUT2D eigenvalue weighted by Gasteiger charge is 2.30. The minimum absolute atomic E-state index is 0.145. The molecular formula is C11H19N3O2S. The second-order valence-electron chi connectivity index (χ2n) is 4.65. The molecule has 0 amide bonds. The standard InChI is InChI=1S/C11H19N3O2S/c1-9(12)10-3-6-14(7-4-10)17(15,16)11-2-5-13-8-11/h2,5,8-10,13H,3-4,6-7,12H2,1H3. The van der Waals surface area contributed by atoms with Gasteiger partial charge in [-0.25, -0.2) is 8.42 Å². The van der Waals surface area contributed by atoms with Crippen LogP contribution in [0.5, 0.6) is 0 Å². The van der Waals surface area contributed by atoms with Crippen LogP contribution in [0.25, 0.3) is 0 Å². The Morgan fingerprint density at radius 3 is 2.59 bits per heavy atom. The summed E-state index contributed by atoms with van der Waals surface area (Å²) in [5.41, 5.74) is 5.84. The SMILES string of the molecule is CC(N)C1CCN(S(=O)(=O)c2cc[nH]c2)CC1. The van der Waals surface area contributed by atoms with E-state index in [-0.39, 0.29) is 6.04 Å². The fourth-order valence-electron chi connectivity index (χ4n) is 2.26. The summed E-state index contributed by atoms with van der Waals surface area (Å²) < 4.78 is 25.9. The molecular weight excluding hydrogens is 238 g/mol. The zero-order chi connectivity index (χ0) is 12.5. The maximum absolute atomic E-state index is 12.2. The molecule has 0 spiro atoms. The highest BCUT2D eigenvalue weighted by Crippen LogP contribution is 2.24. The van der Waals surface area contributed by atoms with E-state index in [2.05, 4.69) is 4.98 Å². The van der Waals surface area contributed by atoms with E-state index in [4.69, 9.17) is 5.73 Å². The Hall–Kier alpha value is -0.850. The van der Waals surface area contributed by atoms with Gasteiger partial charge in [-0.15, -0.1) is 0 Å². The van der Waals surface area contributed by atoms with Crippen molar-refractivity contribution in [3.63, 3.8) is 0 Å². The fourth-order valence-corrected chi connectivity index (χ4v) is 3.71. The van der Waals surface area contributed by atoms with Crippen molar-refractivity contribution in [3.05, 3.63) is 18.5 Å². The molecule has 96 valence electrons. The van der Waals surface area contributed by atoms with Crippen LogP contribution in [0.2, 0.25) is 0 Å². The molecule has 3 N–H and O–H groups in total. The number of hydrogen-bond acceptors (Lipinski definition) is 3. The van der Waals surface area contributed by atoms with Crippen molar-refractivity contribution < 1.29 is 8.42 Å². The van der Waals surface area contributed by atoms with Crippen LogP contribution < -0.4 is 5.73 Å².